The molecular formula is C69H55FIrN4OSi-2. The van der Waals surface area contributed by atoms with Gasteiger partial charge in [0.1, 0.15) is 0 Å². The molecule has 77 heavy (non-hydrogen) atoms. The number of aromatic nitrogens is 4. The van der Waals surface area contributed by atoms with Crippen LogP contribution in [0.3, 0.4) is 0 Å². The van der Waals surface area contributed by atoms with E-state index in [1.165, 1.54) is 27.6 Å². The van der Waals surface area contributed by atoms with Gasteiger partial charge in [-0.05, 0) is 81.4 Å². The molecule has 8 heteroatoms. The summed E-state index contributed by atoms with van der Waals surface area (Å²) in [6, 6.07) is 75.1. The molecule has 379 valence electrons. The second kappa shape index (κ2) is 21.1. The molecule has 13 rings (SSSR count). The summed E-state index contributed by atoms with van der Waals surface area (Å²) in [6.45, 7) is 13.5. The van der Waals surface area contributed by atoms with E-state index in [0.29, 0.717) is 17.2 Å². The monoisotopic (exact) mass is 1200 g/mol. The molecule has 5 nitrogen and oxygen atoms in total. The van der Waals surface area contributed by atoms with Crippen LogP contribution in [0.1, 0.15) is 25.1 Å². The van der Waals surface area contributed by atoms with E-state index in [4.69, 9.17) is 19.4 Å². The number of rotatable bonds is 9. The van der Waals surface area contributed by atoms with Gasteiger partial charge in [-0.25, -0.2) is 4.98 Å². The molecule has 0 saturated carbocycles. The van der Waals surface area contributed by atoms with Crippen molar-refractivity contribution in [1.82, 2.24) is 19.5 Å². The van der Waals surface area contributed by atoms with Crippen LogP contribution in [0.4, 0.5) is 4.39 Å². The molecule has 0 saturated heterocycles. The van der Waals surface area contributed by atoms with Crippen LogP contribution in [0, 0.1) is 30.8 Å². The van der Waals surface area contributed by atoms with Crippen LogP contribution in [0.5, 0.6) is 0 Å². The van der Waals surface area contributed by atoms with Crippen LogP contribution < -0.4 is 5.19 Å². The third-order valence-electron chi connectivity index (χ3n) is 14.3. The molecule has 0 bridgehead atoms. The quantitative estimate of drug-likeness (QED) is 0.0821. The molecule has 9 aromatic carbocycles. The number of nitrogens with zero attached hydrogens (tertiary/aromatic N) is 4. The normalized spacial score (nSPS) is 11.6. The maximum atomic E-state index is 14.4. The number of hydrogen-bond donors (Lipinski definition) is 0. The average molecular weight is 1200 g/mol. The van der Waals surface area contributed by atoms with E-state index in [-0.39, 0.29) is 25.9 Å². The van der Waals surface area contributed by atoms with E-state index in [9.17, 15) is 4.39 Å². The first-order chi connectivity index (χ1) is 37.0. The number of pyridine rings is 2. The first-order valence-corrected chi connectivity index (χ1v) is 29.5. The Morgan fingerprint density at radius 2 is 1.22 bits per heavy atom. The Morgan fingerprint density at radius 3 is 1.90 bits per heavy atom. The SMILES string of the molecule is CC(C)Cc1cc(-c2[c-]cc(F)c(-c3ccccc3)c2)ncc1[Si](C)(C)C.Cc1ccc2c(n1)oc1c(-c3nc4c5ccccc5c5ccccc5c4n3-c3cc(-c4ccccc4)ccc3-c3ccccc3)[c-]ccc12.[Ir]. The van der Waals surface area contributed by atoms with Gasteiger partial charge in [0, 0.05) is 65.2 Å². The van der Waals surface area contributed by atoms with Crippen molar-refractivity contribution >= 4 is 67.9 Å². The minimum atomic E-state index is -1.47. The predicted octanol–water partition coefficient (Wildman–Crippen LogP) is 17.8. The molecule has 0 spiro atoms. The summed E-state index contributed by atoms with van der Waals surface area (Å²) in [5.41, 5.74) is 15.1. The second-order valence-corrected chi connectivity index (χ2v) is 26.1. The first-order valence-electron chi connectivity index (χ1n) is 26.0. The maximum Gasteiger partial charge on any atom is 0.216 e. The number of fused-ring (bicyclic) bond motifs is 9. The molecule has 0 N–H and O–H groups in total. The Balaban J connectivity index is 0.000000192. The van der Waals surface area contributed by atoms with Gasteiger partial charge in [-0.3, -0.25) is 9.37 Å². The number of benzene rings is 9. The largest absolute Gasteiger partial charge is 0.486 e. The fourth-order valence-corrected chi connectivity index (χ4v) is 12.4. The van der Waals surface area contributed by atoms with Crippen molar-refractivity contribution in [3.63, 3.8) is 0 Å². The zero-order chi connectivity index (χ0) is 52.1. The molecule has 0 unspecified atom stereocenters. The van der Waals surface area contributed by atoms with Crippen LogP contribution in [-0.2, 0) is 26.5 Å². The van der Waals surface area contributed by atoms with E-state index in [1.54, 1.807) is 0 Å². The number of aryl methyl sites for hydroxylation is 1. The zero-order valence-corrected chi connectivity index (χ0v) is 47.2. The van der Waals surface area contributed by atoms with Crippen molar-refractivity contribution in [3.05, 3.63) is 236 Å². The van der Waals surface area contributed by atoms with Crippen molar-refractivity contribution in [1.29, 1.82) is 0 Å². The topological polar surface area (TPSA) is 56.7 Å². The average Bonchev–Trinajstić information content (AvgIpc) is 4.27. The summed E-state index contributed by atoms with van der Waals surface area (Å²) in [5.74, 6) is 1.08. The van der Waals surface area contributed by atoms with Gasteiger partial charge in [-0.1, -0.05) is 213 Å². The van der Waals surface area contributed by atoms with Gasteiger partial charge in [0.2, 0.25) is 5.71 Å². The molecule has 0 fully saturated rings. The number of hydrogen-bond acceptors (Lipinski definition) is 4. The van der Waals surface area contributed by atoms with E-state index < -0.39 is 8.07 Å². The summed E-state index contributed by atoms with van der Waals surface area (Å²) in [7, 11) is -1.47. The summed E-state index contributed by atoms with van der Waals surface area (Å²) in [5, 5.41) is 7.97. The third kappa shape index (κ3) is 9.74. The summed E-state index contributed by atoms with van der Waals surface area (Å²) in [4.78, 5) is 15.0. The van der Waals surface area contributed by atoms with Crippen molar-refractivity contribution in [3.8, 4) is 61.7 Å². The molecule has 4 aromatic heterocycles. The standard InChI is InChI=1S/C45H28N3O.C24H27FNSi.Ir/c1-28-23-25-38-37-21-12-22-39(43(37)49-45(38)46-28)44-47-41-35-19-10-8-17-33(35)34-18-9-11-20-36(34)42(41)48(44)40-27-31(29-13-4-2-5-14-29)24-26-32(40)30-15-6-3-7-16-30;1-17(2)13-20-15-23(26-16-24(20)27(3,4)5)19-11-12-22(25)21(14-19)18-9-7-6-8-10-18;/h2-21,23-27H,1H3;6-10,12,14-17H,13H2,1-5H3;/q2*-1;. The minimum Gasteiger partial charge on any atom is -0.486 e. The van der Waals surface area contributed by atoms with E-state index >= 15 is 0 Å². The van der Waals surface area contributed by atoms with Gasteiger partial charge in [0.25, 0.3) is 0 Å². The summed E-state index contributed by atoms with van der Waals surface area (Å²) < 4.78 is 23.3. The Bertz CT molecular complexity index is 4300. The van der Waals surface area contributed by atoms with Crippen molar-refractivity contribution < 1.29 is 28.9 Å². The van der Waals surface area contributed by atoms with Crippen LogP contribution in [0.2, 0.25) is 19.6 Å². The van der Waals surface area contributed by atoms with Gasteiger partial charge in [-0.15, -0.1) is 42.0 Å². The number of halogens is 1. The molecule has 0 aliphatic carbocycles. The van der Waals surface area contributed by atoms with Crippen LogP contribution >= 0.6 is 0 Å². The van der Waals surface area contributed by atoms with E-state index in [0.717, 1.165) is 106 Å². The van der Waals surface area contributed by atoms with Gasteiger partial charge >= 0.3 is 0 Å². The molecule has 13 aromatic rings. The molecule has 0 atom stereocenters. The number of furan rings is 1. The maximum absolute atomic E-state index is 14.4. The Morgan fingerprint density at radius 1 is 0.597 bits per heavy atom. The molecule has 0 aliphatic heterocycles. The van der Waals surface area contributed by atoms with Crippen LogP contribution in [0.15, 0.2) is 211 Å². The Kier molecular flexibility index (Phi) is 14.0. The summed E-state index contributed by atoms with van der Waals surface area (Å²) >= 11 is 0. The van der Waals surface area contributed by atoms with Crippen molar-refractivity contribution in [2.45, 2.75) is 46.8 Å². The molecule has 4 heterocycles. The van der Waals surface area contributed by atoms with Crippen LogP contribution in [0.25, 0.3) is 116 Å². The minimum absolute atomic E-state index is 0. The van der Waals surface area contributed by atoms with Crippen LogP contribution in [-0.4, -0.2) is 27.6 Å². The number of imidazole rings is 1. The van der Waals surface area contributed by atoms with Gasteiger partial charge in [-0.2, -0.15) is 0 Å². The van der Waals surface area contributed by atoms with Crippen molar-refractivity contribution in [2.24, 2.45) is 5.92 Å². The van der Waals surface area contributed by atoms with E-state index in [2.05, 4.69) is 196 Å². The first kappa shape index (κ1) is 51.0. The smallest absolute Gasteiger partial charge is 0.216 e. The second-order valence-electron chi connectivity index (χ2n) is 21.1. The zero-order valence-electron chi connectivity index (χ0n) is 43.8. The van der Waals surface area contributed by atoms with Gasteiger partial charge < -0.3 is 14.0 Å². The molecule has 0 aliphatic rings. The Labute approximate surface area is 463 Å². The van der Waals surface area contributed by atoms with Crippen molar-refractivity contribution in [2.75, 3.05) is 0 Å². The van der Waals surface area contributed by atoms with Gasteiger partial charge in [0.15, 0.2) is 0 Å². The molecular weight excluding hydrogens is 1140 g/mol. The third-order valence-corrected chi connectivity index (χ3v) is 16.4. The fourth-order valence-electron chi connectivity index (χ4n) is 10.8. The molecule has 0 amide bonds. The predicted molar refractivity (Wildman–Crippen MR) is 316 cm³/mol. The van der Waals surface area contributed by atoms with Gasteiger partial charge in [0.05, 0.1) is 30.5 Å². The Hall–Kier alpha value is -8.13. The van der Waals surface area contributed by atoms with E-state index in [1.807, 2.05) is 61.7 Å². The summed E-state index contributed by atoms with van der Waals surface area (Å²) in [6.07, 6.45) is 3.07. The molecule has 1 radical (unpaired) electrons. The fraction of sp³-hybridized carbons (Fsp3) is 0.116.